The van der Waals surface area contributed by atoms with Crippen LogP contribution in [0.3, 0.4) is 0 Å². The Hall–Kier alpha value is -2.66. The van der Waals surface area contributed by atoms with Crippen molar-refractivity contribution in [2.45, 2.75) is 19.3 Å². The van der Waals surface area contributed by atoms with E-state index in [2.05, 4.69) is 0 Å². The molecule has 0 atom stereocenters. The van der Waals surface area contributed by atoms with E-state index in [1.54, 1.807) is 48.5 Å². The number of benzene rings is 2. The molecule has 22 heavy (non-hydrogen) atoms. The van der Waals surface area contributed by atoms with Crippen LogP contribution in [0, 0.1) is 0 Å². The smallest absolute Gasteiger partial charge is 0.347 e. The van der Waals surface area contributed by atoms with Crippen LogP contribution in [-0.2, 0) is 32.3 Å². The highest BCUT2D eigenvalue weighted by atomic mass is 16.6. The van der Waals surface area contributed by atoms with Gasteiger partial charge in [0.2, 0.25) is 6.10 Å². The summed E-state index contributed by atoms with van der Waals surface area (Å²) in [5.41, 5.74) is 1.53. The third kappa shape index (κ3) is 4.71. The molecule has 2 aromatic rings. The number of carbonyl (C=O) groups excluding carboxylic acids is 2. The maximum absolute atomic E-state index is 11.6. The van der Waals surface area contributed by atoms with Gasteiger partial charge in [0.05, 0.1) is 0 Å². The van der Waals surface area contributed by atoms with Crippen LogP contribution in [0.4, 0.5) is 0 Å². The van der Waals surface area contributed by atoms with Crippen LogP contribution < -0.4 is 0 Å². The van der Waals surface area contributed by atoms with Crippen LogP contribution in [0.15, 0.2) is 60.7 Å². The van der Waals surface area contributed by atoms with Gasteiger partial charge in [0.25, 0.3) is 0 Å². The van der Waals surface area contributed by atoms with Gasteiger partial charge in [0.1, 0.15) is 13.2 Å². The number of aliphatic hydroxyl groups excluding tert-OH is 1. The Morgan fingerprint density at radius 3 is 1.50 bits per heavy atom. The minimum atomic E-state index is -1.94. The lowest BCUT2D eigenvalue weighted by atomic mass is 10.2. The normalized spacial score (nSPS) is 10.3. The number of ether oxygens (including phenoxy) is 2. The van der Waals surface area contributed by atoms with E-state index in [0.29, 0.717) is 0 Å². The second-order valence-corrected chi connectivity index (χ2v) is 4.59. The van der Waals surface area contributed by atoms with E-state index in [9.17, 15) is 14.7 Å². The zero-order valence-corrected chi connectivity index (χ0v) is 11.8. The first-order valence-electron chi connectivity index (χ1n) is 6.76. The molecular formula is C17H16O5. The predicted octanol–water partition coefficient (Wildman–Crippen LogP) is 1.83. The number of rotatable bonds is 6. The van der Waals surface area contributed by atoms with E-state index < -0.39 is 18.0 Å². The zero-order valence-electron chi connectivity index (χ0n) is 11.8. The molecule has 1 N–H and O–H groups in total. The van der Waals surface area contributed by atoms with E-state index in [0.717, 1.165) is 11.1 Å². The molecule has 0 radical (unpaired) electrons. The number of hydrogen-bond acceptors (Lipinski definition) is 5. The standard InChI is InChI=1S/C17H16O5/c18-15(16(19)21-11-13-7-3-1-4-8-13)17(20)22-12-14-9-5-2-6-10-14/h1-10,15,18H,11-12H2. The molecule has 0 heterocycles. The van der Waals surface area contributed by atoms with E-state index in [-0.39, 0.29) is 13.2 Å². The molecule has 0 spiro atoms. The molecule has 5 nitrogen and oxygen atoms in total. The maximum Gasteiger partial charge on any atom is 0.347 e. The summed E-state index contributed by atoms with van der Waals surface area (Å²) in [5, 5.41) is 9.59. The maximum atomic E-state index is 11.6. The van der Waals surface area contributed by atoms with Gasteiger partial charge >= 0.3 is 11.9 Å². The highest BCUT2D eigenvalue weighted by molar-refractivity contribution is 5.97. The molecule has 2 aromatic carbocycles. The Kier molecular flexibility index (Phi) is 5.68. The number of carbonyl (C=O) groups is 2. The molecule has 5 heteroatoms. The number of aliphatic hydroxyl groups is 1. The van der Waals surface area contributed by atoms with Gasteiger partial charge in [-0.2, -0.15) is 0 Å². The molecule has 114 valence electrons. The molecule has 0 unspecified atom stereocenters. The van der Waals surface area contributed by atoms with Gasteiger partial charge in [-0.05, 0) is 11.1 Å². The lowest BCUT2D eigenvalue weighted by Gasteiger charge is -2.10. The third-order valence-corrected chi connectivity index (χ3v) is 2.89. The van der Waals surface area contributed by atoms with Crippen molar-refractivity contribution < 1.29 is 24.2 Å². The predicted molar refractivity (Wildman–Crippen MR) is 78.5 cm³/mol. The molecule has 2 rings (SSSR count). The van der Waals surface area contributed by atoms with Crippen molar-refractivity contribution in [1.82, 2.24) is 0 Å². The monoisotopic (exact) mass is 300 g/mol. The molecule has 0 saturated heterocycles. The molecule has 0 bridgehead atoms. The highest BCUT2D eigenvalue weighted by Gasteiger charge is 2.27. The molecule has 0 aliphatic rings. The molecule has 0 aliphatic carbocycles. The Balaban J connectivity index is 1.78. The van der Waals surface area contributed by atoms with Crippen molar-refractivity contribution >= 4 is 11.9 Å². The summed E-state index contributed by atoms with van der Waals surface area (Å²) in [6, 6.07) is 18.0. The Morgan fingerprint density at radius 1 is 0.773 bits per heavy atom. The first-order chi connectivity index (χ1) is 10.7. The summed E-state index contributed by atoms with van der Waals surface area (Å²) in [6.07, 6.45) is -1.94. The molecule has 0 saturated carbocycles. The van der Waals surface area contributed by atoms with E-state index in [1.165, 1.54) is 0 Å². The Bertz CT molecular complexity index is 554. The van der Waals surface area contributed by atoms with Crippen molar-refractivity contribution in [3.05, 3.63) is 71.8 Å². The summed E-state index contributed by atoms with van der Waals surface area (Å²) < 4.78 is 9.75. The van der Waals surface area contributed by atoms with Gasteiger partial charge in [-0.1, -0.05) is 60.7 Å². The highest BCUT2D eigenvalue weighted by Crippen LogP contribution is 2.05. The molecule has 0 amide bonds. The van der Waals surface area contributed by atoms with Crippen molar-refractivity contribution in [3.63, 3.8) is 0 Å². The first kappa shape index (κ1) is 15.7. The van der Waals surface area contributed by atoms with Gasteiger partial charge < -0.3 is 14.6 Å². The van der Waals surface area contributed by atoms with Gasteiger partial charge in [-0.25, -0.2) is 9.59 Å². The van der Waals surface area contributed by atoms with E-state index in [1.807, 2.05) is 12.1 Å². The lowest BCUT2D eigenvalue weighted by molar-refractivity contribution is -0.170. The second-order valence-electron chi connectivity index (χ2n) is 4.59. The van der Waals surface area contributed by atoms with Crippen LogP contribution in [0.2, 0.25) is 0 Å². The topological polar surface area (TPSA) is 72.8 Å². The summed E-state index contributed by atoms with van der Waals surface area (Å²) in [7, 11) is 0. The van der Waals surface area contributed by atoms with Gasteiger partial charge in [0, 0.05) is 0 Å². The van der Waals surface area contributed by atoms with Gasteiger partial charge in [-0.3, -0.25) is 0 Å². The van der Waals surface area contributed by atoms with Gasteiger partial charge in [-0.15, -0.1) is 0 Å². The number of hydrogen-bond donors (Lipinski definition) is 1. The van der Waals surface area contributed by atoms with Crippen LogP contribution in [0.1, 0.15) is 11.1 Å². The first-order valence-corrected chi connectivity index (χ1v) is 6.76. The second kappa shape index (κ2) is 7.95. The summed E-state index contributed by atoms with van der Waals surface area (Å²) in [6.45, 7) is -0.0224. The van der Waals surface area contributed by atoms with Crippen molar-refractivity contribution in [1.29, 1.82) is 0 Å². The molecule has 0 aliphatic heterocycles. The fourth-order valence-corrected chi connectivity index (χ4v) is 1.71. The van der Waals surface area contributed by atoms with Crippen LogP contribution in [0.25, 0.3) is 0 Å². The van der Waals surface area contributed by atoms with Crippen LogP contribution >= 0.6 is 0 Å². The van der Waals surface area contributed by atoms with Crippen LogP contribution in [0.5, 0.6) is 0 Å². The molecule has 0 fully saturated rings. The van der Waals surface area contributed by atoms with E-state index >= 15 is 0 Å². The van der Waals surface area contributed by atoms with Crippen LogP contribution in [-0.4, -0.2) is 23.1 Å². The lowest BCUT2D eigenvalue weighted by Crippen LogP contribution is -2.33. The number of esters is 2. The SMILES string of the molecule is O=C(OCc1ccccc1)C(O)C(=O)OCc1ccccc1. The average Bonchev–Trinajstić information content (AvgIpc) is 2.58. The van der Waals surface area contributed by atoms with Crippen molar-refractivity contribution in [2.24, 2.45) is 0 Å². The van der Waals surface area contributed by atoms with Crippen molar-refractivity contribution in [3.8, 4) is 0 Å². The molecule has 0 aromatic heterocycles. The third-order valence-electron chi connectivity index (χ3n) is 2.89. The fourth-order valence-electron chi connectivity index (χ4n) is 1.71. The summed E-state index contributed by atoms with van der Waals surface area (Å²) >= 11 is 0. The average molecular weight is 300 g/mol. The summed E-state index contributed by atoms with van der Waals surface area (Å²) in [4.78, 5) is 23.2. The minimum absolute atomic E-state index is 0.0112. The van der Waals surface area contributed by atoms with Crippen molar-refractivity contribution in [2.75, 3.05) is 0 Å². The molecular weight excluding hydrogens is 284 g/mol. The largest absolute Gasteiger partial charge is 0.458 e. The van der Waals surface area contributed by atoms with Gasteiger partial charge in [0.15, 0.2) is 0 Å². The summed E-state index contributed by atoms with van der Waals surface area (Å²) in [5.74, 6) is -2.05. The van der Waals surface area contributed by atoms with E-state index in [4.69, 9.17) is 9.47 Å². The Labute approximate surface area is 128 Å². The quantitative estimate of drug-likeness (QED) is 0.651. The zero-order chi connectivity index (χ0) is 15.8. The minimum Gasteiger partial charge on any atom is -0.458 e. The fraction of sp³-hybridized carbons (Fsp3) is 0.176. The Morgan fingerprint density at radius 2 is 1.14 bits per heavy atom.